The van der Waals surface area contributed by atoms with E-state index in [1.54, 1.807) is 18.0 Å². The number of hydrogen-bond donors (Lipinski definition) is 0. The van der Waals surface area contributed by atoms with Crippen LogP contribution in [0.2, 0.25) is 0 Å². The molecule has 5 nitrogen and oxygen atoms in total. The molecule has 15 heavy (non-hydrogen) atoms. The van der Waals surface area contributed by atoms with Crippen molar-refractivity contribution >= 4 is 5.82 Å². The average molecular weight is 201 g/mol. The molecule has 0 spiro atoms. The highest BCUT2D eigenvalue weighted by Crippen LogP contribution is 2.16. The van der Waals surface area contributed by atoms with Crippen molar-refractivity contribution in [2.24, 2.45) is 0 Å². The van der Waals surface area contributed by atoms with E-state index in [4.69, 9.17) is 10.5 Å². The zero-order chi connectivity index (χ0) is 11.3. The fourth-order valence-electron chi connectivity index (χ4n) is 1.15. The molecule has 0 bridgehead atoms. The summed E-state index contributed by atoms with van der Waals surface area (Å²) in [5.41, 5.74) is 0.470. The molecule has 1 atom stereocenters. The highest BCUT2D eigenvalue weighted by Gasteiger charge is 2.14. The van der Waals surface area contributed by atoms with Crippen LogP contribution >= 0.6 is 0 Å². The van der Waals surface area contributed by atoms with Crippen LogP contribution in [0.25, 0.3) is 0 Å². The van der Waals surface area contributed by atoms with Crippen LogP contribution in [-0.2, 0) is 0 Å². The Morgan fingerprint density at radius 2 is 2.27 bits per heavy atom. The Kier molecular flexibility index (Phi) is 3.59. The molecular weight excluding hydrogens is 190 g/mol. The molecule has 0 amide bonds. The highest BCUT2D eigenvalue weighted by molar-refractivity contribution is 5.52. The fourth-order valence-corrected chi connectivity index (χ4v) is 1.15. The van der Waals surface area contributed by atoms with Crippen molar-refractivity contribution in [2.45, 2.75) is 19.4 Å². The number of rotatable bonds is 3. The van der Waals surface area contributed by atoms with Gasteiger partial charge in [-0.25, -0.2) is 0 Å². The van der Waals surface area contributed by atoms with Crippen LogP contribution in [0.3, 0.4) is 0 Å². The molecule has 1 rings (SSSR count). The molecule has 0 aromatic carbocycles. The van der Waals surface area contributed by atoms with Gasteiger partial charge in [0.15, 0.2) is 5.82 Å². The zero-order valence-electron chi connectivity index (χ0n) is 8.68. The van der Waals surface area contributed by atoms with E-state index < -0.39 is 0 Å². The molecule has 1 unspecified atom stereocenters. The number of anilines is 1. The minimum atomic E-state index is 0.0128. The Bertz CT molecular complexity index is 415. The summed E-state index contributed by atoms with van der Waals surface area (Å²) in [6.07, 6.45) is 1.86. The smallest absolute Gasteiger partial charge is 0.169 e. The first kappa shape index (κ1) is 10.9. The maximum absolute atomic E-state index is 8.87. The van der Waals surface area contributed by atoms with Crippen molar-refractivity contribution in [1.29, 1.82) is 10.5 Å². The topological polar surface area (TPSA) is 76.6 Å². The van der Waals surface area contributed by atoms with Gasteiger partial charge in [0.25, 0.3) is 0 Å². The summed E-state index contributed by atoms with van der Waals surface area (Å²) in [5, 5.41) is 25.1. The Morgan fingerprint density at radius 1 is 1.53 bits per heavy atom. The minimum absolute atomic E-state index is 0.0128. The molecule has 0 fully saturated rings. The lowest BCUT2D eigenvalue weighted by Gasteiger charge is -2.23. The summed E-state index contributed by atoms with van der Waals surface area (Å²) < 4.78 is 0. The van der Waals surface area contributed by atoms with Crippen LogP contribution in [0, 0.1) is 22.7 Å². The van der Waals surface area contributed by atoms with Gasteiger partial charge >= 0.3 is 0 Å². The van der Waals surface area contributed by atoms with Crippen molar-refractivity contribution < 1.29 is 0 Å². The van der Waals surface area contributed by atoms with Gasteiger partial charge in [-0.05, 0) is 13.0 Å². The third kappa shape index (κ3) is 2.41. The Hall–Kier alpha value is -2.14. The van der Waals surface area contributed by atoms with Gasteiger partial charge in [0.1, 0.15) is 6.07 Å². The van der Waals surface area contributed by atoms with Crippen molar-refractivity contribution in [3.8, 4) is 12.1 Å². The van der Waals surface area contributed by atoms with E-state index in [2.05, 4.69) is 16.3 Å². The highest BCUT2D eigenvalue weighted by atomic mass is 15.3. The second-order valence-electron chi connectivity index (χ2n) is 3.20. The van der Waals surface area contributed by atoms with Crippen LogP contribution in [0.15, 0.2) is 12.3 Å². The zero-order valence-corrected chi connectivity index (χ0v) is 8.68. The van der Waals surface area contributed by atoms with Crippen LogP contribution in [0.4, 0.5) is 5.82 Å². The number of nitriles is 2. The third-order valence-electron chi connectivity index (χ3n) is 2.20. The van der Waals surface area contributed by atoms with E-state index >= 15 is 0 Å². The van der Waals surface area contributed by atoms with Crippen LogP contribution in [0.5, 0.6) is 0 Å². The molecule has 0 radical (unpaired) electrons. The molecule has 1 heterocycles. The summed E-state index contributed by atoms with van der Waals surface area (Å²) in [5.74, 6) is 0.516. The summed E-state index contributed by atoms with van der Waals surface area (Å²) in [6, 6.07) is 5.75. The van der Waals surface area contributed by atoms with Crippen LogP contribution < -0.4 is 4.90 Å². The lowest BCUT2D eigenvalue weighted by Crippen LogP contribution is -2.30. The molecule has 1 aromatic rings. The van der Waals surface area contributed by atoms with Gasteiger partial charge in [0.2, 0.25) is 0 Å². The molecule has 0 N–H and O–H groups in total. The Morgan fingerprint density at radius 3 is 2.87 bits per heavy atom. The first-order valence-corrected chi connectivity index (χ1v) is 4.52. The first-order chi connectivity index (χ1) is 7.20. The van der Waals surface area contributed by atoms with Crippen LogP contribution in [-0.4, -0.2) is 23.3 Å². The number of hydrogen-bond acceptors (Lipinski definition) is 5. The van der Waals surface area contributed by atoms with Gasteiger partial charge in [-0.15, -0.1) is 5.10 Å². The lowest BCUT2D eigenvalue weighted by molar-refractivity contribution is 0.687. The van der Waals surface area contributed by atoms with E-state index in [1.807, 2.05) is 13.0 Å². The van der Waals surface area contributed by atoms with E-state index in [0.717, 1.165) is 0 Å². The number of nitrogens with zero attached hydrogens (tertiary/aromatic N) is 5. The maximum Gasteiger partial charge on any atom is 0.169 e. The van der Waals surface area contributed by atoms with Crippen molar-refractivity contribution in [1.82, 2.24) is 10.2 Å². The molecular formula is C10H11N5. The number of aromatic nitrogens is 2. The molecule has 5 heteroatoms. The van der Waals surface area contributed by atoms with Gasteiger partial charge in [-0.3, -0.25) is 0 Å². The van der Waals surface area contributed by atoms with Crippen molar-refractivity contribution in [3.63, 3.8) is 0 Å². The van der Waals surface area contributed by atoms with Gasteiger partial charge in [0.05, 0.1) is 24.3 Å². The molecule has 0 aliphatic rings. The normalized spacial score (nSPS) is 11.2. The Labute approximate surface area is 88.6 Å². The second-order valence-corrected chi connectivity index (χ2v) is 3.20. The molecule has 0 saturated carbocycles. The van der Waals surface area contributed by atoms with Gasteiger partial charge in [-0.2, -0.15) is 15.6 Å². The predicted molar refractivity (Wildman–Crippen MR) is 54.8 cm³/mol. The van der Waals surface area contributed by atoms with E-state index in [1.165, 1.54) is 6.20 Å². The first-order valence-electron chi connectivity index (χ1n) is 4.52. The Balaban J connectivity index is 2.97. The summed E-state index contributed by atoms with van der Waals surface area (Å²) in [4.78, 5) is 1.79. The SMILES string of the molecule is CC(CC#N)N(C)c1nnccc1C#N. The second kappa shape index (κ2) is 4.92. The summed E-state index contributed by atoms with van der Waals surface area (Å²) >= 11 is 0. The standard InChI is InChI=1S/C10H11N5/c1-8(3-5-11)15(2)10-9(7-12)4-6-13-14-10/h4,6,8H,3H2,1-2H3. The molecule has 0 saturated heterocycles. The van der Waals surface area contributed by atoms with E-state index in [-0.39, 0.29) is 6.04 Å². The monoisotopic (exact) mass is 201 g/mol. The largest absolute Gasteiger partial charge is 0.353 e. The summed E-state index contributed by atoms with van der Waals surface area (Å²) in [6.45, 7) is 1.90. The van der Waals surface area contributed by atoms with Crippen molar-refractivity contribution in [3.05, 3.63) is 17.8 Å². The van der Waals surface area contributed by atoms with E-state index in [9.17, 15) is 0 Å². The lowest BCUT2D eigenvalue weighted by atomic mass is 10.2. The molecule has 0 aliphatic heterocycles. The molecule has 0 aliphatic carbocycles. The summed E-state index contributed by atoms with van der Waals surface area (Å²) in [7, 11) is 1.80. The van der Waals surface area contributed by atoms with Crippen LogP contribution in [0.1, 0.15) is 18.9 Å². The average Bonchev–Trinajstić information content (AvgIpc) is 2.28. The van der Waals surface area contributed by atoms with E-state index in [0.29, 0.717) is 17.8 Å². The van der Waals surface area contributed by atoms with Gasteiger partial charge in [0, 0.05) is 13.1 Å². The molecule has 1 aromatic heterocycles. The fraction of sp³-hybridized carbons (Fsp3) is 0.400. The quantitative estimate of drug-likeness (QED) is 0.731. The minimum Gasteiger partial charge on any atom is -0.353 e. The van der Waals surface area contributed by atoms with Crippen molar-refractivity contribution in [2.75, 3.05) is 11.9 Å². The third-order valence-corrected chi connectivity index (χ3v) is 2.20. The molecule has 76 valence electrons. The maximum atomic E-state index is 8.87. The predicted octanol–water partition coefficient (Wildman–Crippen LogP) is 1.09. The van der Waals surface area contributed by atoms with Gasteiger partial charge in [-0.1, -0.05) is 0 Å². The van der Waals surface area contributed by atoms with Gasteiger partial charge < -0.3 is 4.90 Å².